The van der Waals surface area contributed by atoms with Crippen LogP contribution in [0.1, 0.15) is 45.7 Å². The Labute approximate surface area is 105 Å². The maximum atomic E-state index is 5.60. The van der Waals surface area contributed by atoms with E-state index in [1.165, 1.54) is 11.1 Å². The van der Waals surface area contributed by atoms with Crippen molar-refractivity contribution in [3.8, 4) is 5.75 Å². The highest BCUT2D eigenvalue weighted by Crippen LogP contribution is 2.38. The topological polar surface area (TPSA) is 21.3 Å². The van der Waals surface area contributed by atoms with Crippen molar-refractivity contribution in [2.75, 3.05) is 12.4 Å². The molecule has 0 atom stereocenters. The van der Waals surface area contributed by atoms with Crippen molar-refractivity contribution in [1.82, 2.24) is 0 Å². The highest BCUT2D eigenvalue weighted by Gasteiger charge is 2.21. The van der Waals surface area contributed by atoms with Gasteiger partial charge < -0.3 is 10.1 Å². The molecule has 1 N–H and O–H groups in total. The zero-order valence-electron chi connectivity index (χ0n) is 12.1. The van der Waals surface area contributed by atoms with Gasteiger partial charge in [-0.25, -0.2) is 0 Å². The molecule has 0 aliphatic carbocycles. The molecule has 1 rings (SSSR count). The van der Waals surface area contributed by atoms with Gasteiger partial charge in [-0.05, 0) is 37.8 Å². The Balaban J connectivity index is 3.35. The number of methoxy groups -OCH3 is 1. The molecular weight excluding hydrogens is 210 g/mol. The molecule has 0 fully saturated rings. The van der Waals surface area contributed by atoms with Crippen LogP contribution in [0, 0.1) is 6.92 Å². The van der Waals surface area contributed by atoms with Crippen LogP contribution in [0.5, 0.6) is 5.75 Å². The van der Waals surface area contributed by atoms with Crippen LogP contribution in [-0.4, -0.2) is 13.2 Å². The molecule has 0 amide bonds. The van der Waals surface area contributed by atoms with Crippen LogP contribution in [0.2, 0.25) is 0 Å². The summed E-state index contributed by atoms with van der Waals surface area (Å²) in [7, 11) is 1.74. The minimum absolute atomic E-state index is 0.0881. The molecule has 96 valence electrons. The molecule has 0 aliphatic rings. The van der Waals surface area contributed by atoms with Crippen molar-refractivity contribution in [1.29, 1.82) is 0 Å². The summed E-state index contributed by atoms with van der Waals surface area (Å²) in [6.07, 6.45) is 0. The fourth-order valence-electron chi connectivity index (χ4n) is 1.97. The van der Waals surface area contributed by atoms with Crippen molar-refractivity contribution in [3.63, 3.8) is 0 Å². The smallest absolute Gasteiger partial charge is 0.145 e. The van der Waals surface area contributed by atoms with Crippen molar-refractivity contribution >= 4 is 5.69 Å². The Morgan fingerprint density at radius 2 is 1.76 bits per heavy atom. The summed E-state index contributed by atoms with van der Waals surface area (Å²) in [5.41, 5.74) is 3.69. The molecule has 2 nitrogen and oxygen atoms in total. The molecule has 0 unspecified atom stereocenters. The molecule has 0 saturated carbocycles. The molecule has 0 heterocycles. The molecule has 2 heteroatoms. The molecule has 0 aromatic heterocycles. The average Bonchev–Trinajstić information content (AvgIpc) is 2.14. The van der Waals surface area contributed by atoms with E-state index in [1.807, 2.05) is 0 Å². The fourth-order valence-corrected chi connectivity index (χ4v) is 1.97. The highest BCUT2D eigenvalue weighted by atomic mass is 16.5. The van der Waals surface area contributed by atoms with E-state index in [1.54, 1.807) is 7.11 Å². The number of ether oxygens (including phenoxy) is 1. The molecule has 0 aliphatic heterocycles. The molecular formula is C15H25NO. The van der Waals surface area contributed by atoms with Gasteiger partial charge in [0.2, 0.25) is 0 Å². The number of benzene rings is 1. The lowest BCUT2D eigenvalue weighted by Crippen LogP contribution is -2.16. The standard InChI is InChI=1S/C15H25NO/c1-10(2)16-13-9-11(3)8-12(14(13)17-7)15(4,5)6/h8-10,16H,1-7H3. The van der Waals surface area contributed by atoms with Crippen LogP contribution in [0.15, 0.2) is 12.1 Å². The van der Waals surface area contributed by atoms with Gasteiger partial charge in [0.1, 0.15) is 5.75 Å². The van der Waals surface area contributed by atoms with Crippen molar-refractivity contribution in [2.24, 2.45) is 0 Å². The second kappa shape index (κ2) is 4.99. The van der Waals surface area contributed by atoms with Gasteiger partial charge >= 0.3 is 0 Å². The van der Waals surface area contributed by atoms with Gasteiger partial charge in [0.25, 0.3) is 0 Å². The summed E-state index contributed by atoms with van der Waals surface area (Å²) in [4.78, 5) is 0. The van der Waals surface area contributed by atoms with E-state index in [9.17, 15) is 0 Å². The lowest BCUT2D eigenvalue weighted by molar-refractivity contribution is 0.399. The third-order valence-corrected chi connectivity index (χ3v) is 2.69. The van der Waals surface area contributed by atoms with Crippen LogP contribution in [0.25, 0.3) is 0 Å². The lowest BCUT2D eigenvalue weighted by Gasteiger charge is -2.25. The Hall–Kier alpha value is -1.18. The third kappa shape index (κ3) is 3.39. The van der Waals surface area contributed by atoms with Gasteiger partial charge in [0.05, 0.1) is 12.8 Å². The van der Waals surface area contributed by atoms with Gasteiger partial charge in [-0.3, -0.25) is 0 Å². The number of anilines is 1. The molecule has 1 aromatic rings. The van der Waals surface area contributed by atoms with Gasteiger partial charge in [-0.2, -0.15) is 0 Å². The SMILES string of the molecule is COc1c(NC(C)C)cc(C)cc1C(C)(C)C. The maximum Gasteiger partial charge on any atom is 0.145 e. The van der Waals surface area contributed by atoms with Crippen molar-refractivity contribution < 1.29 is 4.74 Å². The summed E-state index contributed by atoms with van der Waals surface area (Å²) in [6.45, 7) is 13.0. The lowest BCUT2D eigenvalue weighted by atomic mass is 9.85. The zero-order valence-corrected chi connectivity index (χ0v) is 12.1. The van der Waals surface area contributed by atoms with Gasteiger partial charge in [0.15, 0.2) is 0 Å². The van der Waals surface area contributed by atoms with E-state index in [-0.39, 0.29) is 5.41 Å². The fraction of sp³-hybridized carbons (Fsp3) is 0.600. The van der Waals surface area contributed by atoms with Crippen LogP contribution >= 0.6 is 0 Å². The molecule has 1 aromatic carbocycles. The number of hydrogen-bond donors (Lipinski definition) is 1. The Morgan fingerprint density at radius 1 is 1.18 bits per heavy atom. The summed E-state index contributed by atoms with van der Waals surface area (Å²) >= 11 is 0. The second-order valence-electron chi connectivity index (χ2n) is 5.94. The monoisotopic (exact) mass is 235 g/mol. The summed E-state index contributed by atoms with van der Waals surface area (Å²) < 4.78 is 5.60. The molecule has 0 saturated heterocycles. The van der Waals surface area contributed by atoms with Crippen LogP contribution in [0.4, 0.5) is 5.69 Å². The Bertz CT molecular complexity index is 389. The van der Waals surface area contributed by atoms with Crippen molar-refractivity contribution in [3.05, 3.63) is 23.3 Å². The molecule has 17 heavy (non-hydrogen) atoms. The van der Waals surface area contributed by atoms with Crippen molar-refractivity contribution in [2.45, 2.75) is 53.0 Å². The van der Waals surface area contributed by atoms with Gasteiger partial charge in [0, 0.05) is 11.6 Å². The first kappa shape index (κ1) is 13.9. The molecule has 0 spiro atoms. The quantitative estimate of drug-likeness (QED) is 0.851. The number of rotatable bonds is 3. The van der Waals surface area contributed by atoms with E-state index in [0.29, 0.717) is 6.04 Å². The summed E-state index contributed by atoms with van der Waals surface area (Å²) in [5.74, 6) is 0.969. The van der Waals surface area contributed by atoms with E-state index in [0.717, 1.165) is 11.4 Å². The minimum Gasteiger partial charge on any atom is -0.494 e. The molecule has 0 bridgehead atoms. The molecule has 0 radical (unpaired) electrons. The normalized spacial score (nSPS) is 11.8. The average molecular weight is 235 g/mol. The number of hydrogen-bond acceptors (Lipinski definition) is 2. The predicted molar refractivity (Wildman–Crippen MR) is 75.2 cm³/mol. The number of nitrogens with one attached hydrogen (secondary N) is 1. The van der Waals surface area contributed by atoms with E-state index in [2.05, 4.69) is 59.0 Å². The van der Waals surface area contributed by atoms with Gasteiger partial charge in [-0.15, -0.1) is 0 Å². The van der Waals surface area contributed by atoms with Crippen LogP contribution < -0.4 is 10.1 Å². The van der Waals surface area contributed by atoms with Crippen LogP contribution in [0.3, 0.4) is 0 Å². The first-order chi connectivity index (χ1) is 7.75. The number of aryl methyl sites for hydroxylation is 1. The van der Waals surface area contributed by atoms with E-state index in [4.69, 9.17) is 4.74 Å². The largest absolute Gasteiger partial charge is 0.494 e. The van der Waals surface area contributed by atoms with Gasteiger partial charge in [-0.1, -0.05) is 26.8 Å². The van der Waals surface area contributed by atoms with E-state index >= 15 is 0 Å². The first-order valence-corrected chi connectivity index (χ1v) is 6.21. The maximum absolute atomic E-state index is 5.60. The third-order valence-electron chi connectivity index (χ3n) is 2.69. The van der Waals surface area contributed by atoms with Crippen LogP contribution in [-0.2, 0) is 5.41 Å². The Morgan fingerprint density at radius 3 is 2.18 bits per heavy atom. The Kier molecular flexibility index (Phi) is 4.07. The first-order valence-electron chi connectivity index (χ1n) is 6.21. The van der Waals surface area contributed by atoms with E-state index < -0.39 is 0 Å². The predicted octanol–water partition coefficient (Wildman–Crippen LogP) is 4.12. The summed E-state index contributed by atoms with van der Waals surface area (Å²) in [5, 5.41) is 3.45. The summed E-state index contributed by atoms with van der Waals surface area (Å²) in [6, 6.07) is 4.76. The zero-order chi connectivity index (χ0) is 13.2. The second-order valence-corrected chi connectivity index (χ2v) is 5.94. The highest BCUT2D eigenvalue weighted by molar-refractivity contribution is 5.63. The minimum atomic E-state index is 0.0881.